The van der Waals surface area contributed by atoms with Crippen LogP contribution in [0.2, 0.25) is 0 Å². The van der Waals surface area contributed by atoms with E-state index in [1.54, 1.807) is 24.3 Å². The molecule has 8 heteroatoms. The van der Waals surface area contributed by atoms with Crippen LogP contribution in [0.4, 0.5) is 15.6 Å². The van der Waals surface area contributed by atoms with Crippen LogP contribution in [0.5, 0.6) is 0 Å². The van der Waals surface area contributed by atoms with Gasteiger partial charge in [-0.1, -0.05) is 31.1 Å². The number of anilines is 2. The molecule has 1 heterocycles. The summed E-state index contributed by atoms with van der Waals surface area (Å²) < 4.78 is 0. The number of nitrogens with zero attached hydrogens (tertiary/aromatic N) is 2. The fourth-order valence-electron chi connectivity index (χ4n) is 2.23. The van der Waals surface area contributed by atoms with Crippen molar-refractivity contribution in [1.29, 1.82) is 0 Å². The lowest BCUT2D eigenvalue weighted by molar-refractivity contribution is 0.102. The number of unbranched alkanes of at least 4 members (excludes halogenated alkanes) is 2. The molecule has 7 nitrogen and oxygen atoms in total. The molecule has 0 aliphatic carbocycles. The topological polar surface area (TPSA) is 96.0 Å². The summed E-state index contributed by atoms with van der Waals surface area (Å²) in [6, 6.07) is 6.46. The van der Waals surface area contributed by atoms with Crippen LogP contribution in [0.25, 0.3) is 0 Å². The number of hydrogen-bond acceptors (Lipinski definition) is 5. The summed E-state index contributed by atoms with van der Waals surface area (Å²) >= 11 is 1.40. The maximum Gasteiger partial charge on any atom is 0.319 e. The summed E-state index contributed by atoms with van der Waals surface area (Å²) in [5.41, 5.74) is 1.11. The highest BCUT2D eigenvalue weighted by Crippen LogP contribution is 2.19. The Bertz CT molecular complexity index is 727. The van der Waals surface area contributed by atoms with Crippen molar-refractivity contribution in [2.24, 2.45) is 0 Å². The van der Waals surface area contributed by atoms with E-state index in [2.05, 4.69) is 33.1 Å². The number of amides is 3. The molecule has 26 heavy (non-hydrogen) atoms. The smallest absolute Gasteiger partial charge is 0.319 e. The van der Waals surface area contributed by atoms with Gasteiger partial charge < -0.3 is 10.6 Å². The number of nitrogens with one attached hydrogen (secondary N) is 3. The molecule has 3 N–H and O–H groups in total. The van der Waals surface area contributed by atoms with Gasteiger partial charge in [-0.15, -0.1) is 10.2 Å². The van der Waals surface area contributed by atoms with E-state index >= 15 is 0 Å². The molecule has 0 saturated heterocycles. The van der Waals surface area contributed by atoms with Crippen LogP contribution >= 0.6 is 11.3 Å². The molecule has 0 saturated carbocycles. The zero-order chi connectivity index (χ0) is 18.9. The first-order valence-corrected chi connectivity index (χ1v) is 9.61. The van der Waals surface area contributed by atoms with Gasteiger partial charge in [-0.2, -0.15) is 0 Å². The normalized spacial score (nSPS) is 10.6. The fraction of sp³-hybridized carbons (Fsp3) is 0.444. The quantitative estimate of drug-likeness (QED) is 0.606. The molecular formula is C18H25N5O2S. The van der Waals surface area contributed by atoms with E-state index in [0.717, 1.165) is 30.7 Å². The lowest BCUT2D eigenvalue weighted by Gasteiger charge is -2.10. The Morgan fingerprint density at radius 3 is 2.46 bits per heavy atom. The molecule has 0 unspecified atom stereocenters. The van der Waals surface area contributed by atoms with Crippen LogP contribution in [0.3, 0.4) is 0 Å². The summed E-state index contributed by atoms with van der Waals surface area (Å²) in [7, 11) is 0. The Balaban J connectivity index is 1.88. The predicted octanol–water partition coefficient (Wildman–Crippen LogP) is 4.05. The van der Waals surface area contributed by atoms with Crippen molar-refractivity contribution in [2.45, 2.75) is 52.5 Å². The number of hydrogen-bond donors (Lipinski definition) is 3. The minimum atomic E-state index is -0.276. The minimum Gasteiger partial charge on any atom is -0.336 e. The van der Waals surface area contributed by atoms with Gasteiger partial charge in [0.15, 0.2) is 0 Å². The Morgan fingerprint density at radius 1 is 1.08 bits per heavy atom. The van der Waals surface area contributed by atoms with Gasteiger partial charge in [0.1, 0.15) is 5.01 Å². The molecule has 2 aromatic rings. The third-order valence-electron chi connectivity index (χ3n) is 3.51. The van der Waals surface area contributed by atoms with Crippen LogP contribution in [-0.4, -0.2) is 28.2 Å². The van der Waals surface area contributed by atoms with E-state index < -0.39 is 0 Å². The standard InChI is InChI=1S/C18H25N5O2S/c1-4-5-6-7-15-22-23-18(26-15)21-16(24)13-8-10-14(11-9-13)20-17(25)19-12(2)3/h8-12H,4-7H2,1-3H3,(H2,19,20,25)(H,21,23,24). The molecule has 1 aromatic carbocycles. The number of urea groups is 1. The summed E-state index contributed by atoms with van der Waals surface area (Å²) in [6.07, 6.45) is 4.29. The van der Waals surface area contributed by atoms with E-state index in [4.69, 9.17) is 0 Å². The number of rotatable bonds is 8. The van der Waals surface area contributed by atoms with Crippen molar-refractivity contribution in [3.63, 3.8) is 0 Å². The second kappa shape index (κ2) is 9.86. The van der Waals surface area contributed by atoms with E-state index in [1.807, 2.05) is 13.8 Å². The number of benzene rings is 1. The van der Waals surface area contributed by atoms with Gasteiger partial charge in [0, 0.05) is 23.7 Å². The maximum atomic E-state index is 12.3. The average molecular weight is 375 g/mol. The highest BCUT2D eigenvalue weighted by Gasteiger charge is 2.11. The molecular weight excluding hydrogens is 350 g/mol. The van der Waals surface area contributed by atoms with Gasteiger partial charge in [0.25, 0.3) is 5.91 Å². The van der Waals surface area contributed by atoms with Gasteiger partial charge in [0.2, 0.25) is 5.13 Å². The maximum absolute atomic E-state index is 12.3. The summed E-state index contributed by atoms with van der Waals surface area (Å²) in [5, 5.41) is 17.8. The first kappa shape index (κ1) is 19.8. The second-order valence-corrected chi connectivity index (χ2v) is 7.30. The molecule has 140 valence electrons. The molecule has 0 radical (unpaired) electrons. The largest absolute Gasteiger partial charge is 0.336 e. The fourth-order valence-corrected chi connectivity index (χ4v) is 3.01. The molecule has 0 fully saturated rings. The summed E-state index contributed by atoms with van der Waals surface area (Å²) in [4.78, 5) is 24.0. The van der Waals surface area contributed by atoms with Gasteiger partial charge >= 0.3 is 6.03 Å². The van der Waals surface area contributed by atoms with Crippen LogP contribution < -0.4 is 16.0 Å². The Labute approximate surface area is 157 Å². The van der Waals surface area contributed by atoms with E-state index in [1.165, 1.54) is 11.3 Å². The average Bonchev–Trinajstić information content (AvgIpc) is 3.02. The predicted molar refractivity (Wildman–Crippen MR) is 105 cm³/mol. The molecule has 0 spiro atoms. The third kappa shape index (κ3) is 6.44. The Kier molecular flexibility index (Phi) is 7.53. The Hall–Kier alpha value is -2.48. The zero-order valence-electron chi connectivity index (χ0n) is 15.3. The molecule has 0 aliphatic rings. The van der Waals surface area contributed by atoms with Crippen molar-refractivity contribution in [1.82, 2.24) is 15.5 Å². The number of aromatic nitrogens is 2. The molecule has 2 rings (SSSR count). The van der Waals surface area contributed by atoms with E-state index in [0.29, 0.717) is 16.4 Å². The van der Waals surface area contributed by atoms with Gasteiger partial charge in [-0.25, -0.2) is 4.79 Å². The van der Waals surface area contributed by atoms with Crippen molar-refractivity contribution in [2.75, 3.05) is 10.6 Å². The minimum absolute atomic E-state index is 0.0545. The van der Waals surface area contributed by atoms with E-state index in [-0.39, 0.29) is 18.0 Å². The lowest BCUT2D eigenvalue weighted by atomic mass is 10.2. The first-order valence-electron chi connectivity index (χ1n) is 8.79. The van der Waals surface area contributed by atoms with Crippen LogP contribution in [0.15, 0.2) is 24.3 Å². The zero-order valence-corrected chi connectivity index (χ0v) is 16.2. The number of aryl methyl sites for hydroxylation is 1. The summed E-state index contributed by atoms with van der Waals surface area (Å²) in [5.74, 6) is -0.251. The molecule has 1 aromatic heterocycles. The highest BCUT2D eigenvalue weighted by molar-refractivity contribution is 7.15. The van der Waals surface area contributed by atoms with Crippen LogP contribution in [0, 0.1) is 0 Å². The van der Waals surface area contributed by atoms with Crippen LogP contribution in [-0.2, 0) is 6.42 Å². The Morgan fingerprint density at radius 2 is 1.81 bits per heavy atom. The SMILES string of the molecule is CCCCCc1nnc(NC(=O)c2ccc(NC(=O)NC(C)C)cc2)s1. The van der Waals surface area contributed by atoms with Crippen molar-refractivity contribution in [3.05, 3.63) is 34.8 Å². The summed E-state index contributed by atoms with van der Waals surface area (Å²) in [6.45, 7) is 5.93. The molecule has 0 bridgehead atoms. The molecule has 0 atom stereocenters. The molecule has 3 amide bonds. The lowest BCUT2D eigenvalue weighted by Crippen LogP contribution is -2.34. The van der Waals surface area contributed by atoms with Gasteiger partial charge in [0.05, 0.1) is 0 Å². The monoisotopic (exact) mass is 375 g/mol. The number of carbonyl (C=O) groups excluding carboxylic acids is 2. The van der Waals surface area contributed by atoms with Gasteiger partial charge in [-0.05, 0) is 44.5 Å². The van der Waals surface area contributed by atoms with Crippen molar-refractivity contribution >= 4 is 34.1 Å². The second-order valence-electron chi connectivity index (χ2n) is 6.24. The van der Waals surface area contributed by atoms with E-state index in [9.17, 15) is 9.59 Å². The van der Waals surface area contributed by atoms with Crippen molar-refractivity contribution in [3.8, 4) is 0 Å². The van der Waals surface area contributed by atoms with Gasteiger partial charge in [-0.3, -0.25) is 10.1 Å². The number of carbonyl (C=O) groups is 2. The van der Waals surface area contributed by atoms with Crippen LogP contribution in [0.1, 0.15) is 55.4 Å². The first-order chi connectivity index (χ1) is 12.5. The molecule has 0 aliphatic heterocycles. The highest BCUT2D eigenvalue weighted by atomic mass is 32.1. The van der Waals surface area contributed by atoms with Crippen molar-refractivity contribution < 1.29 is 9.59 Å². The third-order valence-corrected chi connectivity index (χ3v) is 4.40.